The first-order valence-electron chi connectivity index (χ1n) is 16.7. The number of hydrogen-bond donors (Lipinski definition) is 0. The van der Waals surface area contributed by atoms with Gasteiger partial charge >= 0.3 is 0 Å². The summed E-state index contributed by atoms with van der Waals surface area (Å²) in [7, 11) is 0. The summed E-state index contributed by atoms with van der Waals surface area (Å²) in [5.41, 5.74) is 7.54. The van der Waals surface area contributed by atoms with Crippen LogP contribution < -0.4 is 0 Å². The highest BCUT2D eigenvalue weighted by Gasteiger charge is 2.10. The second kappa shape index (κ2) is 10.7. The van der Waals surface area contributed by atoms with Gasteiger partial charge in [-0.25, -0.2) is 0 Å². The number of benzene rings is 10. The number of rotatable bonds is 3. The van der Waals surface area contributed by atoms with E-state index < -0.39 is 0 Å². The Balaban J connectivity index is 1.01. The fourth-order valence-electron chi connectivity index (χ4n) is 7.79. The van der Waals surface area contributed by atoms with E-state index in [1.165, 1.54) is 98.0 Å². The Morgan fingerprint density at radius 2 is 0.521 bits per heavy atom. The summed E-state index contributed by atoms with van der Waals surface area (Å²) < 4.78 is 0. The molecule has 0 N–H and O–H groups in total. The quantitative estimate of drug-likeness (QED) is 0.176. The molecule has 0 saturated heterocycles. The van der Waals surface area contributed by atoms with Gasteiger partial charge in [0.1, 0.15) is 0 Å². The molecule has 0 amide bonds. The van der Waals surface area contributed by atoms with Crippen molar-refractivity contribution in [1.82, 2.24) is 0 Å². The Morgan fingerprint density at radius 3 is 0.938 bits per heavy atom. The van der Waals surface area contributed by atoms with E-state index in [9.17, 15) is 0 Å². The van der Waals surface area contributed by atoms with Crippen LogP contribution in [0.5, 0.6) is 0 Å². The van der Waals surface area contributed by atoms with Crippen LogP contribution >= 0.6 is 0 Å². The van der Waals surface area contributed by atoms with E-state index in [1.54, 1.807) is 0 Å². The molecule has 0 saturated carbocycles. The van der Waals surface area contributed by atoms with Crippen LogP contribution in [0.1, 0.15) is 0 Å². The molecule has 0 aliphatic rings. The van der Waals surface area contributed by atoms with Crippen LogP contribution in [-0.2, 0) is 0 Å². The third kappa shape index (κ3) is 4.31. The molecule has 0 fully saturated rings. The van der Waals surface area contributed by atoms with E-state index in [4.69, 9.17) is 0 Å². The molecule has 0 atom stereocenters. The first kappa shape index (κ1) is 26.9. The Labute approximate surface area is 279 Å². The van der Waals surface area contributed by atoms with Gasteiger partial charge in [0.05, 0.1) is 0 Å². The highest BCUT2D eigenvalue weighted by Crippen LogP contribution is 2.37. The molecule has 0 spiro atoms. The van der Waals surface area contributed by atoms with Gasteiger partial charge < -0.3 is 0 Å². The predicted octanol–water partition coefficient (Wildman–Crippen LogP) is 13.6. The predicted molar refractivity (Wildman–Crippen MR) is 208 cm³/mol. The maximum Gasteiger partial charge on any atom is -0.0105 e. The molecule has 0 nitrogen and oxygen atoms in total. The molecule has 10 rings (SSSR count). The lowest BCUT2D eigenvalue weighted by atomic mass is 9.92. The molecule has 0 unspecified atom stereocenters. The minimum Gasteiger partial charge on any atom is -0.0616 e. The molecule has 0 heterocycles. The summed E-state index contributed by atoms with van der Waals surface area (Å²) in [6.45, 7) is 0. The molecule has 0 radical (unpaired) electrons. The van der Waals surface area contributed by atoms with Gasteiger partial charge in [-0.15, -0.1) is 0 Å². The monoisotopic (exact) mass is 606 g/mol. The van der Waals surface area contributed by atoms with E-state index in [1.807, 2.05) is 0 Å². The number of hydrogen-bond acceptors (Lipinski definition) is 0. The topological polar surface area (TPSA) is 0 Å². The van der Waals surface area contributed by atoms with Gasteiger partial charge in [0, 0.05) is 0 Å². The van der Waals surface area contributed by atoms with Gasteiger partial charge in [-0.05, 0) is 122 Å². The summed E-state index contributed by atoms with van der Waals surface area (Å²) >= 11 is 0. The molecule has 0 heteroatoms. The van der Waals surface area contributed by atoms with E-state index in [-0.39, 0.29) is 0 Å². The van der Waals surface area contributed by atoms with Crippen LogP contribution in [0.3, 0.4) is 0 Å². The van der Waals surface area contributed by atoms with Gasteiger partial charge in [-0.3, -0.25) is 0 Å². The molecule has 222 valence electrons. The summed E-state index contributed by atoms with van der Waals surface area (Å²) in [6, 6.07) is 67.1. The van der Waals surface area contributed by atoms with Crippen molar-refractivity contribution in [1.29, 1.82) is 0 Å². The van der Waals surface area contributed by atoms with Crippen molar-refractivity contribution in [2.45, 2.75) is 0 Å². The fourth-order valence-corrected chi connectivity index (χ4v) is 7.79. The summed E-state index contributed by atoms with van der Waals surface area (Å²) in [5.74, 6) is 0. The normalized spacial score (nSPS) is 11.8. The highest BCUT2D eigenvalue weighted by molar-refractivity contribution is 6.12. The first-order valence-corrected chi connectivity index (χ1v) is 16.7. The molecule has 0 aliphatic carbocycles. The molecule has 10 aromatic carbocycles. The molecular formula is C48H30. The van der Waals surface area contributed by atoms with Crippen molar-refractivity contribution < 1.29 is 0 Å². The first-order chi connectivity index (χ1) is 23.8. The van der Waals surface area contributed by atoms with Gasteiger partial charge in [0.15, 0.2) is 0 Å². The molecule has 48 heavy (non-hydrogen) atoms. The van der Waals surface area contributed by atoms with Crippen LogP contribution in [0.4, 0.5) is 0 Å². The van der Waals surface area contributed by atoms with Crippen LogP contribution in [0.25, 0.3) is 98.0 Å². The fraction of sp³-hybridized carbons (Fsp3) is 0. The average molecular weight is 607 g/mol. The lowest BCUT2D eigenvalue weighted by Gasteiger charge is -2.12. The second-order valence-electron chi connectivity index (χ2n) is 12.9. The van der Waals surface area contributed by atoms with Crippen molar-refractivity contribution in [3.8, 4) is 33.4 Å². The average Bonchev–Trinajstić information content (AvgIpc) is 3.16. The Bertz CT molecular complexity index is 2680. The third-order valence-corrected chi connectivity index (χ3v) is 10.2. The molecule has 0 aliphatic heterocycles. The Hall–Kier alpha value is -6.24. The molecular weight excluding hydrogens is 577 g/mol. The van der Waals surface area contributed by atoms with E-state index in [0.29, 0.717) is 0 Å². The van der Waals surface area contributed by atoms with E-state index in [2.05, 4.69) is 182 Å². The SMILES string of the molecule is c1ccc2c(-c3ccc4c(ccc5cc(-c6ccc7c(ccc8cc(-c9cccc%10ccccc9%10)ccc87)c6)ccc54)c3)cccc2c1. The Kier molecular flexibility index (Phi) is 5.98. The third-order valence-electron chi connectivity index (χ3n) is 10.2. The van der Waals surface area contributed by atoms with Gasteiger partial charge in [-0.1, -0.05) is 158 Å². The van der Waals surface area contributed by atoms with Crippen molar-refractivity contribution in [2.24, 2.45) is 0 Å². The summed E-state index contributed by atoms with van der Waals surface area (Å²) in [6.07, 6.45) is 0. The van der Waals surface area contributed by atoms with Crippen LogP contribution in [0, 0.1) is 0 Å². The molecule has 0 bridgehead atoms. The Morgan fingerprint density at radius 1 is 0.188 bits per heavy atom. The molecule has 0 aromatic heterocycles. The van der Waals surface area contributed by atoms with Crippen molar-refractivity contribution in [2.75, 3.05) is 0 Å². The minimum absolute atomic E-state index is 1.24. The standard InChI is InChI=1S/C48H30/c1-3-11-41-31(7-1)9-5-13-43(41)39-21-25-47-37(29-39)17-15-35-27-33(19-23-45(35)47)34-20-24-46-36(28-34)16-18-38-30-40(22-26-48(38)46)44-14-6-10-32-8-2-4-12-42(32)44/h1-30H. The zero-order valence-corrected chi connectivity index (χ0v) is 26.3. The lowest BCUT2D eigenvalue weighted by Crippen LogP contribution is -1.85. The lowest BCUT2D eigenvalue weighted by molar-refractivity contribution is 1.67. The minimum atomic E-state index is 1.24. The van der Waals surface area contributed by atoms with Crippen LogP contribution in [0.15, 0.2) is 182 Å². The largest absolute Gasteiger partial charge is 0.0616 e. The maximum atomic E-state index is 2.34. The zero-order valence-electron chi connectivity index (χ0n) is 26.3. The van der Waals surface area contributed by atoms with E-state index in [0.717, 1.165) is 0 Å². The summed E-state index contributed by atoms with van der Waals surface area (Å²) in [4.78, 5) is 0. The van der Waals surface area contributed by atoms with E-state index >= 15 is 0 Å². The van der Waals surface area contributed by atoms with Crippen LogP contribution in [-0.4, -0.2) is 0 Å². The van der Waals surface area contributed by atoms with Gasteiger partial charge in [-0.2, -0.15) is 0 Å². The van der Waals surface area contributed by atoms with Crippen LogP contribution in [0.2, 0.25) is 0 Å². The zero-order chi connectivity index (χ0) is 31.6. The van der Waals surface area contributed by atoms with Gasteiger partial charge in [0.25, 0.3) is 0 Å². The number of fused-ring (bicyclic) bond motifs is 8. The second-order valence-corrected chi connectivity index (χ2v) is 12.9. The molecule has 10 aromatic rings. The van der Waals surface area contributed by atoms with Crippen molar-refractivity contribution in [3.05, 3.63) is 182 Å². The van der Waals surface area contributed by atoms with Crippen molar-refractivity contribution >= 4 is 64.6 Å². The summed E-state index contributed by atoms with van der Waals surface area (Å²) in [5, 5.41) is 15.3. The van der Waals surface area contributed by atoms with Gasteiger partial charge in [0.2, 0.25) is 0 Å². The van der Waals surface area contributed by atoms with Crippen molar-refractivity contribution in [3.63, 3.8) is 0 Å². The smallest absolute Gasteiger partial charge is 0.0105 e. The maximum absolute atomic E-state index is 2.34. The highest BCUT2D eigenvalue weighted by atomic mass is 14.1.